The zero-order valence-electron chi connectivity index (χ0n) is 8.09. The number of hydrogen-bond donors (Lipinski definition) is 0. The van der Waals surface area contributed by atoms with Crippen molar-refractivity contribution in [1.82, 2.24) is 0 Å². The summed E-state index contributed by atoms with van der Waals surface area (Å²) in [6.07, 6.45) is 1.89. The van der Waals surface area contributed by atoms with Crippen LogP contribution >= 0.6 is 11.8 Å². The standard InChI is InChI=1S/C10H12N2S/c1-8(2)10(6-11,7-12)9(3)5-13-4/h5H,1H2,2-4H3. The second-order valence-corrected chi connectivity index (χ2v) is 3.50. The molecule has 0 aromatic heterocycles. The van der Waals surface area contributed by atoms with Crippen LogP contribution in [0.3, 0.4) is 0 Å². The van der Waals surface area contributed by atoms with Crippen molar-refractivity contribution in [2.45, 2.75) is 13.8 Å². The van der Waals surface area contributed by atoms with E-state index in [2.05, 4.69) is 6.58 Å². The van der Waals surface area contributed by atoms with E-state index < -0.39 is 5.41 Å². The molecule has 0 aliphatic carbocycles. The Labute approximate surface area is 83.6 Å². The van der Waals surface area contributed by atoms with Gasteiger partial charge < -0.3 is 0 Å². The van der Waals surface area contributed by atoms with E-state index >= 15 is 0 Å². The minimum atomic E-state index is -1.15. The lowest BCUT2D eigenvalue weighted by molar-refractivity contribution is 0.737. The fourth-order valence-corrected chi connectivity index (χ4v) is 1.52. The largest absolute Gasteiger partial charge is 0.196 e. The van der Waals surface area contributed by atoms with Crippen LogP contribution in [0.25, 0.3) is 0 Å². The summed E-state index contributed by atoms with van der Waals surface area (Å²) >= 11 is 1.48. The molecule has 0 N–H and O–H groups in total. The fourth-order valence-electron chi connectivity index (χ4n) is 0.994. The van der Waals surface area contributed by atoms with Crippen molar-refractivity contribution in [2.24, 2.45) is 5.41 Å². The van der Waals surface area contributed by atoms with E-state index in [-0.39, 0.29) is 0 Å². The topological polar surface area (TPSA) is 47.6 Å². The van der Waals surface area contributed by atoms with Crippen molar-refractivity contribution in [3.05, 3.63) is 23.1 Å². The molecule has 3 heteroatoms. The predicted molar refractivity (Wildman–Crippen MR) is 55.7 cm³/mol. The van der Waals surface area contributed by atoms with Crippen LogP contribution in [0.5, 0.6) is 0 Å². The molecule has 0 spiro atoms. The molecule has 2 nitrogen and oxygen atoms in total. The lowest BCUT2D eigenvalue weighted by Crippen LogP contribution is -2.18. The van der Waals surface area contributed by atoms with E-state index in [9.17, 15) is 0 Å². The van der Waals surface area contributed by atoms with Crippen LogP contribution in [-0.4, -0.2) is 6.26 Å². The van der Waals surface area contributed by atoms with E-state index in [0.29, 0.717) is 5.57 Å². The highest BCUT2D eigenvalue weighted by Crippen LogP contribution is 2.33. The third-order valence-electron chi connectivity index (χ3n) is 1.86. The van der Waals surface area contributed by atoms with Crippen molar-refractivity contribution in [1.29, 1.82) is 10.5 Å². The van der Waals surface area contributed by atoms with E-state index in [4.69, 9.17) is 10.5 Å². The molecule has 68 valence electrons. The minimum Gasteiger partial charge on any atom is -0.196 e. The smallest absolute Gasteiger partial charge is 0.185 e. The van der Waals surface area contributed by atoms with E-state index in [0.717, 1.165) is 5.57 Å². The van der Waals surface area contributed by atoms with Gasteiger partial charge in [0.25, 0.3) is 0 Å². The first-order chi connectivity index (χ1) is 6.05. The summed E-state index contributed by atoms with van der Waals surface area (Å²) in [6.45, 7) is 7.15. The Hall–Kier alpha value is -1.19. The van der Waals surface area contributed by atoms with Crippen molar-refractivity contribution < 1.29 is 0 Å². The highest BCUT2D eigenvalue weighted by atomic mass is 32.2. The maximum absolute atomic E-state index is 8.96. The number of nitriles is 2. The maximum atomic E-state index is 8.96. The molecule has 0 bridgehead atoms. The first-order valence-electron chi connectivity index (χ1n) is 3.73. The molecule has 0 aliphatic rings. The van der Waals surface area contributed by atoms with Gasteiger partial charge >= 0.3 is 0 Å². The molecule has 0 radical (unpaired) electrons. The van der Waals surface area contributed by atoms with Crippen molar-refractivity contribution >= 4 is 11.8 Å². The van der Waals surface area contributed by atoms with Crippen LogP contribution in [0.1, 0.15) is 13.8 Å². The zero-order valence-corrected chi connectivity index (χ0v) is 8.90. The average molecular weight is 192 g/mol. The summed E-state index contributed by atoms with van der Waals surface area (Å²) < 4.78 is 0. The highest BCUT2D eigenvalue weighted by Gasteiger charge is 2.33. The second kappa shape index (κ2) is 4.74. The first kappa shape index (κ1) is 11.8. The SMILES string of the molecule is C=C(C)C(C#N)(C#N)C(C)=CSC. The Morgan fingerprint density at radius 3 is 2.08 bits per heavy atom. The second-order valence-electron chi connectivity index (χ2n) is 2.79. The molecule has 0 aromatic carbocycles. The van der Waals surface area contributed by atoms with Crippen LogP contribution in [0.4, 0.5) is 0 Å². The molecule has 0 aliphatic heterocycles. The van der Waals surface area contributed by atoms with Crippen LogP contribution in [0.15, 0.2) is 23.1 Å². The van der Waals surface area contributed by atoms with Crippen molar-refractivity contribution in [3.8, 4) is 12.1 Å². The normalized spacial score (nSPS) is 11.6. The summed E-state index contributed by atoms with van der Waals surface area (Å²) in [4.78, 5) is 0. The predicted octanol–water partition coefficient (Wildman–Crippen LogP) is 2.86. The van der Waals surface area contributed by atoms with Crippen LogP contribution in [0, 0.1) is 28.1 Å². The Balaban J connectivity index is 5.30. The van der Waals surface area contributed by atoms with Crippen molar-refractivity contribution in [2.75, 3.05) is 6.26 Å². The van der Waals surface area contributed by atoms with Gasteiger partial charge in [0.2, 0.25) is 0 Å². The van der Waals surface area contributed by atoms with Gasteiger partial charge in [-0.15, -0.1) is 11.8 Å². The van der Waals surface area contributed by atoms with Gasteiger partial charge in [0.05, 0.1) is 12.1 Å². The number of allylic oxidation sites excluding steroid dienone is 2. The Morgan fingerprint density at radius 1 is 1.38 bits per heavy atom. The van der Waals surface area contributed by atoms with E-state index in [1.807, 2.05) is 18.4 Å². The van der Waals surface area contributed by atoms with Crippen molar-refractivity contribution in [3.63, 3.8) is 0 Å². The lowest BCUT2D eigenvalue weighted by Gasteiger charge is -2.19. The quantitative estimate of drug-likeness (QED) is 0.646. The fraction of sp³-hybridized carbons (Fsp3) is 0.400. The molecule has 0 amide bonds. The molecule has 13 heavy (non-hydrogen) atoms. The molecular formula is C10H12N2S. The van der Waals surface area contributed by atoms with Crippen LogP contribution < -0.4 is 0 Å². The van der Waals surface area contributed by atoms with E-state index in [1.165, 1.54) is 11.8 Å². The van der Waals surface area contributed by atoms with Crippen LogP contribution in [0.2, 0.25) is 0 Å². The Kier molecular flexibility index (Phi) is 4.31. The van der Waals surface area contributed by atoms with Crippen LogP contribution in [-0.2, 0) is 0 Å². The first-order valence-corrected chi connectivity index (χ1v) is 5.02. The van der Waals surface area contributed by atoms with Gasteiger partial charge in [-0.1, -0.05) is 6.58 Å². The summed E-state index contributed by atoms with van der Waals surface area (Å²) in [5.74, 6) is 0. The Morgan fingerprint density at radius 2 is 1.85 bits per heavy atom. The highest BCUT2D eigenvalue weighted by molar-refractivity contribution is 8.01. The number of nitrogens with zero attached hydrogens (tertiary/aromatic N) is 2. The summed E-state index contributed by atoms with van der Waals surface area (Å²) in [5, 5.41) is 19.7. The number of rotatable bonds is 3. The molecule has 0 saturated carbocycles. The third-order valence-corrected chi connectivity index (χ3v) is 2.45. The molecule has 0 saturated heterocycles. The number of thioether (sulfide) groups is 1. The molecule has 0 atom stereocenters. The minimum absolute atomic E-state index is 0.570. The molecular weight excluding hydrogens is 180 g/mol. The summed E-state index contributed by atoms with van der Waals surface area (Å²) in [6, 6.07) is 4.01. The molecule has 0 heterocycles. The van der Waals surface area contributed by atoms with E-state index in [1.54, 1.807) is 19.3 Å². The lowest BCUT2D eigenvalue weighted by atomic mass is 9.79. The van der Waals surface area contributed by atoms with Gasteiger partial charge in [-0.3, -0.25) is 0 Å². The van der Waals surface area contributed by atoms with Gasteiger partial charge in [0, 0.05) is 0 Å². The number of hydrogen-bond acceptors (Lipinski definition) is 3. The Bertz CT molecular complexity index is 301. The molecule has 0 rings (SSSR count). The summed E-state index contributed by atoms with van der Waals surface area (Å²) in [5.41, 5.74) is 0.154. The average Bonchev–Trinajstić information content (AvgIpc) is 2.07. The third kappa shape index (κ3) is 2.14. The van der Waals surface area contributed by atoms with Gasteiger partial charge in [-0.05, 0) is 36.7 Å². The monoisotopic (exact) mass is 192 g/mol. The summed E-state index contributed by atoms with van der Waals surface area (Å²) in [7, 11) is 0. The maximum Gasteiger partial charge on any atom is 0.185 e. The molecule has 0 unspecified atom stereocenters. The molecule has 0 aromatic rings. The van der Waals surface area contributed by atoms with Gasteiger partial charge in [0.15, 0.2) is 5.41 Å². The van der Waals surface area contributed by atoms with Gasteiger partial charge in [-0.25, -0.2) is 0 Å². The molecule has 0 fully saturated rings. The zero-order chi connectivity index (χ0) is 10.5. The van der Waals surface area contributed by atoms with Gasteiger partial charge in [-0.2, -0.15) is 10.5 Å². The van der Waals surface area contributed by atoms with Gasteiger partial charge in [0.1, 0.15) is 0 Å².